The van der Waals surface area contributed by atoms with Gasteiger partial charge < -0.3 is 5.32 Å². The Labute approximate surface area is 143 Å². The predicted molar refractivity (Wildman–Crippen MR) is 94.7 cm³/mol. The molecule has 0 aliphatic carbocycles. The number of nitrogens with one attached hydrogen (secondary N) is 2. The van der Waals surface area contributed by atoms with Gasteiger partial charge >= 0.3 is 0 Å². The highest BCUT2D eigenvalue weighted by Gasteiger charge is 2.25. The van der Waals surface area contributed by atoms with Crippen LogP contribution in [0.5, 0.6) is 0 Å². The van der Waals surface area contributed by atoms with Gasteiger partial charge in [-0.3, -0.25) is 0 Å². The largest absolute Gasteiger partial charge is 0.310 e. The van der Waals surface area contributed by atoms with Crippen LogP contribution in [-0.4, -0.2) is 32.0 Å². The van der Waals surface area contributed by atoms with Crippen molar-refractivity contribution in [2.24, 2.45) is 0 Å². The van der Waals surface area contributed by atoms with Crippen molar-refractivity contribution in [3.8, 4) is 0 Å². The van der Waals surface area contributed by atoms with E-state index >= 15 is 0 Å². The van der Waals surface area contributed by atoms with Gasteiger partial charge in [-0.15, -0.1) is 11.3 Å². The molecule has 120 valence electrons. The normalized spacial score (nSPS) is 20.1. The van der Waals surface area contributed by atoms with Gasteiger partial charge in [-0.2, -0.15) is 11.8 Å². The molecular weight excluding hydrogens is 392 g/mol. The zero-order valence-corrected chi connectivity index (χ0v) is 16.2. The van der Waals surface area contributed by atoms with Gasteiger partial charge in [-0.1, -0.05) is 13.8 Å². The molecule has 0 radical (unpaired) electrons. The van der Waals surface area contributed by atoms with Gasteiger partial charge in [0, 0.05) is 29.3 Å². The summed E-state index contributed by atoms with van der Waals surface area (Å²) in [6.45, 7) is 4.83. The van der Waals surface area contributed by atoms with E-state index in [9.17, 15) is 8.42 Å². The molecule has 2 N–H and O–H groups in total. The number of hydrogen-bond acceptors (Lipinski definition) is 5. The van der Waals surface area contributed by atoms with E-state index in [1.807, 2.05) is 11.8 Å². The summed E-state index contributed by atoms with van der Waals surface area (Å²) in [7, 11) is -3.44. The van der Waals surface area contributed by atoms with E-state index in [0.29, 0.717) is 21.3 Å². The van der Waals surface area contributed by atoms with Crippen LogP contribution in [0.2, 0.25) is 0 Å². The minimum absolute atomic E-state index is 0.0535. The van der Waals surface area contributed by atoms with Crippen molar-refractivity contribution < 1.29 is 8.42 Å². The molecule has 0 spiro atoms. The summed E-state index contributed by atoms with van der Waals surface area (Å²) >= 11 is 6.68. The Morgan fingerprint density at radius 2 is 2.24 bits per heavy atom. The number of thiophene rings is 1. The third-order valence-corrected chi connectivity index (χ3v) is 8.15. The van der Waals surface area contributed by atoms with Crippen LogP contribution in [0.15, 0.2) is 14.7 Å². The SMILES string of the molecule is CC(C)NCc1cc(S(=O)(=O)NC2CCCSC2)c(Br)s1. The molecule has 2 rings (SSSR count). The van der Waals surface area contributed by atoms with Gasteiger partial charge in [0.15, 0.2) is 0 Å². The molecular formula is C13H21BrN2O2S3. The summed E-state index contributed by atoms with van der Waals surface area (Å²) < 4.78 is 28.5. The first-order valence-electron chi connectivity index (χ1n) is 7.00. The molecule has 1 aliphatic heterocycles. The number of thioether (sulfide) groups is 1. The van der Waals surface area contributed by atoms with Crippen LogP contribution >= 0.6 is 39.0 Å². The minimum atomic E-state index is -3.44. The molecule has 0 aromatic carbocycles. The van der Waals surface area contributed by atoms with E-state index in [0.717, 1.165) is 29.2 Å². The van der Waals surface area contributed by atoms with E-state index < -0.39 is 10.0 Å². The van der Waals surface area contributed by atoms with Crippen molar-refractivity contribution in [2.75, 3.05) is 11.5 Å². The number of halogens is 1. The lowest BCUT2D eigenvalue weighted by molar-refractivity contribution is 0.543. The van der Waals surface area contributed by atoms with Crippen LogP contribution in [-0.2, 0) is 16.6 Å². The zero-order chi connectivity index (χ0) is 15.5. The van der Waals surface area contributed by atoms with Crippen molar-refractivity contribution in [3.63, 3.8) is 0 Å². The third kappa shape index (κ3) is 5.21. The van der Waals surface area contributed by atoms with E-state index in [1.165, 1.54) is 11.3 Å². The van der Waals surface area contributed by atoms with Crippen LogP contribution in [0.1, 0.15) is 31.6 Å². The Morgan fingerprint density at radius 3 is 2.86 bits per heavy atom. The van der Waals surface area contributed by atoms with Gasteiger partial charge in [0.25, 0.3) is 0 Å². The van der Waals surface area contributed by atoms with Crippen LogP contribution in [0.3, 0.4) is 0 Å². The molecule has 1 atom stereocenters. The molecule has 8 heteroatoms. The highest BCUT2D eigenvalue weighted by Crippen LogP contribution is 2.32. The first-order chi connectivity index (χ1) is 9.88. The lowest BCUT2D eigenvalue weighted by Crippen LogP contribution is -2.38. The summed E-state index contributed by atoms with van der Waals surface area (Å²) in [5.74, 6) is 1.99. The quantitative estimate of drug-likeness (QED) is 0.752. The fraction of sp³-hybridized carbons (Fsp3) is 0.692. The summed E-state index contributed by atoms with van der Waals surface area (Å²) in [6.07, 6.45) is 2.00. The molecule has 0 bridgehead atoms. The van der Waals surface area contributed by atoms with Crippen molar-refractivity contribution in [1.82, 2.24) is 10.0 Å². The summed E-state index contributed by atoms with van der Waals surface area (Å²) in [5, 5.41) is 3.31. The predicted octanol–water partition coefficient (Wildman–Crippen LogP) is 3.18. The summed E-state index contributed by atoms with van der Waals surface area (Å²) in [6, 6.07) is 2.20. The zero-order valence-electron chi connectivity index (χ0n) is 12.2. The maximum atomic E-state index is 12.5. The van der Waals surface area contributed by atoms with E-state index in [1.54, 1.807) is 6.07 Å². The Bertz CT molecular complexity index is 566. The lowest BCUT2D eigenvalue weighted by atomic mass is 10.2. The van der Waals surface area contributed by atoms with Crippen molar-refractivity contribution in [3.05, 3.63) is 14.7 Å². The second kappa shape index (κ2) is 7.79. The van der Waals surface area contributed by atoms with Crippen LogP contribution in [0.25, 0.3) is 0 Å². The molecule has 21 heavy (non-hydrogen) atoms. The molecule has 1 aromatic rings. The molecule has 2 heterocycles. The van der Waals surface area contributed by atoms with Crippen LogP contribution in [0, 0.1) is 0 Å². The fourth-order valence-electron chi connectivity index (χ4n) is 2.09. The van der Waals surface area contributed by atoms with Gasteiger partial charge in [0.2, 0.25) is 10.0 Å². The van der Waals surface area contributed by atoms with E-state index in [2.05, 4.69) is 39.8 Å². The van der Waals surface area contributed by atoms with Crippen LogP contribution in [0.4, 0.5) is 0 Å². The molecule has 1 unspecified atom stereocenters. The monoisotopic (exact) mass is 412 g/mol. The van der Waals surface area contributed by atoms with Crippen LogP contribution < -0.4 is 10.0 Å². The first-order valence-corrected chi connectivity index (χ1v) is 11.2. The standard InChI is InChI=1S/C13H21BrN2O2S3/c1-9(2)15-7-11-6-12(13(14)20-11)21(17,18)16-10-4-3-5-19-8-10/h6,9-10,15-16H,3-5,7-8H2,1-2H3. The van der Waals surface area contributed by atoms with Gasteiger partial charge in [-0.05, 0) is 40.6 Å². The summed E-state index contributed by atoms with van der Waals surface area (Å²) in [4.78, 5) is 1.39. The van der Waals surface area contributed by atoms with Crippen molar-refractivity contribution in [2.45, 2.75) is 50.2 Å². The van der Waals surface area contributed by atoms with Gasteiger partial charge in [-0.25, -0.2) is 13.1 Å². The Hall–Kier alpha value is 0.400. The fourth-order valence-corrected chi connectivity index (χ4v) is 7.17. The van der Waals surface area contributed by atoms with E-state index in [4.69, 9.17) is 0 Å². The third-order valence-electron chi connectivity index (χ3n) is 3.16. The summed E-state index contributed by atoms with van der Waals surface area (Å²) in [5.41, 5.74) is 0. The van der Waals surface area contributed by atoms with Gasteiger partial charge in [0.05, 0.1) is 3.79 Å². The molecule has 1 saturated heterocycles. The molecule has 0 saturated carbocycles. The van der Waals surface area contributed by atoms with Gasteiger partial charge in [0.1, 0.15) is 4.90 Å². The van der Waals surface area contributed by atoms with E-state index in [-0.39, 0.29) is 6.04 Å². The average Bonchev–Trinajstić information content (AvgIpc) is 2.79. The smallest absolute Gasteiger partial charge is 0.242 e. The average molecular weight is 413 g/mol. The highest BCUT2D eigenvalue weighted by atomic mass is 79.9. The number of sulfonamides is 1. The van der Waals surface area contributed by atoms with Crippen molar-refractivity contribution in [1.29, 1.82) is 0 Å². The first kappa shape index (κ1) is 17.7. The molecule has 1 fully saturated rings. The maximum Gasteiger partial charge on any atom is 0.242 e. The molecule has 1 aliphatic rings. The van der Waals surface area contributed by atoms with Crippen molar-refractivity contribution >= 4 is 49.1 Å². The lowest BCUT2D eigenvalue weighted by Gasteiger charge is -2.22. The number of hydrogen-bond donors (Lipinski definition) is 2. The topological polar surface area (TPSA) is 58.2 Å². The Balaban J connectivity index is 2.08. The minimum Gasteiger partial charge on any atom is -0.310 e. The second-order valence-electron chi connectivity index (χ2n) is 5.42. The second-order valence-corrected chi connectivity index (χ2v) is 10.7. The molecule has 1 aromatic heterocycles. The highest BCUT2D eigenvalue weighted by molar-refractivity contribution is 9.11. The Kier molecular flexibility index (Phi) is 6.58. The molecule has 4 nitrogen and oxygen atoms in total. The molecule has 0 amide bonds. The maximum absolute atomic E-state index is 12.5. The Morgan fingerprint density at radius 1 is 1.48 bits per heavy atom. The number of rotatable bonds is 6.